The van der Waals surface area contributed by atoms with Gasteiger partial charge in [-0.3, -0.25) is 9.59 Å². The van der Waals surface area contributed by atoms with Crippen LogP contribution in [0.25, 0.3) is 0 Å². The van der Waals surface area contributed by atoms with Crippen molar-refractivity contribution in [3.63, 3.8) is 0 Å². The first-order valence-electron chi connectivity index (χ1n) is 17.1. The van der Waals surface area contributed by atoms with Crippen LogP contribution in [0.5, 0.6) is 5.75 Å². The van der Waals surface area contributed by atoms with E-state index in [4.69, 9.17) is 19.2 Å². The fourth-order valence-corrected chi connectivity index (χ4v) is 6.60. The molecule has 0 bridgehead atoms. The Morgan fingerprint density at radius 3 is 2.59 bits per heavy atom. The standard InChI is InChI=1S/C34H51N7O5/c1-4-28-33(43)40(2)29-23-37-34(39-31(29)41(28)25-10-5-6-11-25)38-27-13-12-24(22-30(27)44-3)32(42)36-16-9-20-45-19-7-8-21-46-26-14-17-35-18-15-26/h12-13,22-23,25-26,28,35H,4-11,14-21H2,1-3H3,(H,36,42)(H,37,38,39)/t28-/m1/s1. The average molecular weight is 638 g/mol. The van der Waals surface area contributed by atoms with Gasteiger partial charge in [0, 0.05) is 45.0 Å². The predicted octanol–water partition coefficient (Wildman–Crippen LogP) is 4.42. The highest BCUT2D eigenvalue weighted by Gasteiger charge is 2.41. The van der Waals surface area contributed by atoms with Gasteiger partial charge in [-0.15, -0.1) is 0 Å². The largest absolute Gasteiger partial charge is 0.495 e. The second-order valence-corrected chi connectivity index (χ2v) is 12.4. The van der Waals surface area contributed by atoms with Crippen molar-refractivity contribution in [3.8, 4) is 5.75 Å². The first kappa shape index (κ1) is 33.9. The second kappa shape index (κ2) is 16.9. The van der Waals surface area contributed by atoms with E-state index >= 15 is 0 Å². The van der Waals surface area contributed by atoms with Gasteiger partial charge in [-0.1, -0.05) is 19.8 Å². The Hall–Kier alpha value is -3.48. The van der Waals surface area contributed by atoms with E-state index in [-0.39, 0.29) is 23.9 Å². The van der Waals surface area contributed by atoms with Crippen LogP contribution < -0.4 is 30.5 Å². The summed E-state index contributed by atoms with van der Waals surface area (Å²) >= 11 is 0. The van der Waals surface area contributed by atoms with E-state index in [1.165, 1.54) is 0 Å². The zero-order chi connectivity index (χ0) is 32.3. The van der Waals surface area contributed by atoms with Gasteiger partial charge in [0.2, 0.25) is 11.9 Å². The van der Waals surface area contributed by atoms with Crippen LogP contribution in [-0.4, -0.2) is 93.6 Å². The third-order valence-electron chi connectivity index (χ3n) is 9.20. The van der Waals surface area contributed by atoms with Gasteiger partial charge in [-0.2, -0.15) is 4.98 Å². The minimum Gasteiger partial charge on any atom is -0.495 e. The topological polar surface area (TPSA) is 130 Å². The van der Waals surface area contributed by atoms with E-state index in [9.17, 15) is 9.59 Å². The van der Waals surface area contributed by atoms with E-state index in [1.54, 1.807) is 43.5 Å². The number of methoxy groups -OCH3 is 1. The summed E-state index contributed by atoms with van der Waals surface area (Å²) in [6.45, 7) is 6.77. The molecule has 1 aromatic heterocycles. The molecule has 1 saturated carbocycles. The maximum Gasteiger partial charge on any atom is 0.251 e. The number of benzene rings is 1. The molecule has 2 amide bonds. The molecule has 1 aliphatic carbocycles. The number of rotatable bonds is 16. The molecular formula is C34H51N7O5. The van der Waals surface area contributed by atoms with Crippen molar-refractivity contribution in [2.24, 2.45) is 0 Å². The summed E-state index contributed by atoms with van der Waals surface area (Å²) in [5.74, 6) is 1.60. The number of likely N-dealkylation sites (N-methyl/N-ethyl adjacent to an activating group) is 1. The molecule has 2 fully saturated rings. The molecule has 46 heavy (non-hydrogen) atoms. The number of carbonyl (C=O) groups is 2. The van der Waals surface area contributed by atoms with E-state index < -0.39 is 0 Å². The number of carbonyl (C=O) groups excluding carboxylic acids is 2. The molecule has 5 rings (SSSR count). The quantitative estimate of drug-likeness (QED) is 0.228. The van der Waals surface area contributed by atoms with Crippen LogP contribution in [0.15, 0.2) is 24.4 Å². The molecular weight excluding hydrogens is 586 g/mol. The SMILES string of the molecule is CC[C@@H]1C(=O)N(C)c2cnc(Nc3ccc(C(=O)NCCCOCCCCOC4CCNCC4)cc3OC)nc2N1C1CCCC1. The summed E-state index contributed by atoms with van der Waals surface area (Å²) in [7, 11) is 3.36. The minimum absolute atomic E-state index is 0.0819. The Kier molecular flexibility index (Phi) is 12.4. The number of ether oxygens (including phenoxy) is 3. The van der Waals surface area contributed by atoms with Crippen molar-refractivity contribution in [1.29, 1.82) is 0 Å². The summed E-state index contributed by atoms with van der Waals surface area (Å²) in [6.07, 6.45) is 12.2. The summed E-state index contributed by atoms with van der Waals surface area (Å²) in [6, 6.07) is 5.32. The summed E-state index contributed by atoms with van der Waals surface area (Å²) < 4.78 is 17.3. The third kappa shape index (κ3) is 8.45. The van der Waals surface area contributed by atoms with Crippen molar-refractivity contribution < 1.29 is 23.8 Å². The van der Waals surface area contributed by atoms with Gasteiger partial charge in [0.05, 0.1) is 25.1 Å². The maximum absolute atomic E-state index is 13.2. The smallest absolute Gasteiger partial charge is 0.251 e. The van der Waals surface area contributed by atoms with Crippen LogP contribution in [0.4, 0.5) is 23.1 Å². The van der Waals surface area contributed by atoms with Crippen molar-refractivity contribution in [3.05, 3.63) is 30.0 Å². The van der Waals surface area contributed by atoms with Gasteiger partial charge in [0.15, 0.2) is 5.82 Å². The Balaban J connectivity index is 1.10. The Morgan fingerprint density at radius 2 is 1.83 bits per heavy atom. The van der Waals surface area contributed by atoms with Gasteiger partial charge >= 0.3 is 0 Å². The fourth-order valence-electron chi connectivity index (χ4n) is 6.60. The number of unbranched alkanes of at least 4 members (excludes halogenated alkanes) is 1. The van der Waals surface area contributed by atoms with Gasteiger partial charge in [0.25, 0.3) is 5.91 Å². The van der Waals surface area contributed by atoms with Gasteiger partial charge in [-0.25, -0.2) is 4.98 Å². The van der Waals surface area contributed by atoms with E-state index in [2.05, 4.69) is 32.8 Å². The number of hydrogen-bond donors (Lipinski definition) is 3. The maximum atomic E-state index is 13.2. The lowest BCUT2D eigenvalue weighted by atomic mass is 10.0. The van der Waals surface area contributed by atoms with Crippen LogP contribution in [0, 0.1) is 0 Å². The molecule has 3 N–H and O–H groups in total. The monoisotopic (exact) mass is 637 g/mol. The zero-order valence-electron chi connectivity index (χ0n) is 27.7. The Bertz CT molecular complexity index is 1300. The number of aromatic nitrogens is 2. The molecule has 12 heteroatoms. The molecule has 2 aromatic rings. The first-order chi connectivity index (χ1) is 22.5. The number of amides is 2. The first-order valence-corrected chi connectivity index (χ1v) is 17.1. The third-order valence-corrected chi connectivity index (χ3v) is 9.20. The second-order valence-electron chi connectivity index (χ2n) is 12.4. The van der Waals surface area contributed by atoms with Crippen molar-refractivity contribution in [2.45, 2.75) is 89.3 Å². The molecule has 1 atom stereocenters. The van der Waals surface area contributed by atoms with Crippen molar-refractivity contribution in [1.82, 2.24) is 20.6 Å². The average Bonchev–Trinajstić information content (AvgIpc) is 3.62. The molecule has 2 aliphatic heterocycles. The van der Waals surface area contributed by atoms with Crippen LogP contribution in [-0.2, 0) is 14.3 Å². The highest BCUT2D eigenvalue weighted by molar-refractivity contribution is 6.04. The molecule has 252 valence electrons. The van der Waals surface area contributed by atoms with Gasteiger partial charge in [0.1, 0.15) is 17.5 Å². The summed E-state index contributed by atoms with van der Waals surface area (Å²) in [5, 5.41) is 9.60. The van der Waals surface area contributed by atoms with Gasteiger partial charge in [-0.05, 0) is 82.7 Å². The van der Waals surface area contributed by atoms with Crippen LogP contribution in [0.3, 0.4) is 0 Å². The number of nitrogens with one attached hydrogen (secondary N) is 3. The van der Waals surface area contributed by atoms with E-state index in [0.717, 1.165) is 83.3 Å². The highest BCUT2D eigenvalue weighted by Crippen LogP contribution is 2.40. The fraction of sp³-hybridized carbons (Fsp3) is 0.647. The number of piperidine rings is 1. The molecule has 1 saturated heterocycles. The molecule has 12 nitrogen and oxygen atoms in total. The van der Waals surface area contributed by atoms with Crippen molar-refractivity contribution in [2.75, 3.05) is 68.7 Å². The number of hydrogen-bond acceptors (Lipinski definition) is 10. The van der Waals surface area contributed by atoms with Crippen LogP contribution in [0.1, 0.15) is 81.5 Å². The highest BCUT2D eigenvalue weighted by atomic mass is 16.5. The lowest BCUT2D eigenvalue weighted by molar-refractivity contribution is -0.120. The lowest BCUT2D eigenvalue weighted by Crippen LogP contribution is -2.55. The number of fused-ring (bicyclic) bond motifs is 1. The zero-order valence-corrected chi connectivity index (χ0v) is 27.7. The van der Waals surface area contributed by atoms with Gasteiger partial charge < -0.3 is 40.0 Å². The van der Waals surface area contributed by atoms with E-state index in [0.29, 0.717) is 60.9 Å². The normalized spacial score (nSPS) is 18.9. The number of anilines is 4. The summed E-state index contributed by atoms with van der Waals surface area (Å²) in [4.78, 5) is 39.4. The molecule has 3 aliphatic rings. The molecule has 0 radical (unpaired) electrons. The molecule has 3 heterocycles. The minimum atomic E-state index is -0.240. The van der Waals surface area contributed by atoms with Crippen LogP contribution in [0.2, 0.25) is 0 Å². The molecule has 0 spiro atoms. The van der Waals surface area contributed by atoms with Crippen molar-refractivity contribution >= 4 is 35.0 Å². The van der Waals surface area contributed by atoms with E-state index in [1.807, 2.05) is 0 Å². The van der Waals surface area contributed by atoms with Crippen LogP contribution >= 0.6 is 0 Å². The predicted molar refractivity (Wildman–Crippen MR) is 179 cm³/mol. The lowest BCUT2D eigenvalue weighted by Gasteiger charge is -2.43. The molecule has 1 aromatic carbocycles. The Labute approximate surface area is 273 Å². The molecule has 0 unspecified atom stereocenters. The number of nitrogens with zero attached hydrogens (tertiary/aromatic N) is 4. The summed E-state index contributed by atoms with van der Waals surface area (Å²) in [5.41, 5.74) is 1.86. The Morgan fingerprint density at radius 1 is 1.07 bits per heavy atom.